The fourth-order valence-corrected chi connectivity index (χ4v) is 4.12. The van der Waals surface area contributed by atoms with E-state index in [4.69, 9.17) is 4.74 Å². The highest BCUT2D eigenvalue weighted by Crippen LogP contribution is 2.34. The molecule has 2 fully saturated rings. The van der Waals surface area contributed by atoms with E-state index in [1.807, 2.05) is 0 Å². The predicted octanol–water partition coefficient (Wildman–Crippen LogP) is 2.73. The summed E-state index contributed by atoms with van der Waals surface area (Å²) in [5.41, 5.74) is -0.0991. The van der Waals surface area contributed by atoms with Crippen molar-refractivity contribution in [2.75, 3.05) is 18.6 Å². The maximum absolute atomic E-state index is 14.3. The van der Waals surface area contributed by atoms with Crippen LogP contribution in [-0.4, -0.2) is 37.0 Å². The van der Waals surface area contributed by atoms with E-state index in [1.165, 1.54) is 18.1 Å². The average Bonchev–Trinajstić information content (AvgIpc) is 3.05. The summed E-state index contributed by atoms with van der Waals surface area (Å²) in [4.78, 5) is 39.0. The highest BCUT2D eigenvalue weighted by molar-refractivity contribution is 6.01. The Hall–Kier alpha value is -2.44. The Morgan fingerprint density at radius 2 is 1.96 bits per heavy atom. The molecule has 1 heterocycles. The number of hydrogen-bond acceptors (Lipinski definition) is 4. The molecule has 1 N–H and O–H groups in total. The van der Waals surface area contributed by atoms with Crippen molar-refractivity contribution < 1.29 is 23.5 Å². The molecule has 1 aliphatic heterocycles. The first-order valence-corrected chi connectivity index (χ1v) is 9.72. The van der Waals surface area contributed by atoms with Gasteiger partial charge in [0, 0.05) is 13.0 Å². The molecular weight excluding hydrogens is 363 g/mol. The molecule has 1 aliphatic carbocycles. The summed E-state index contributed by atoms with van der Waals surface area (Å²) < 4.78 is 19.2. The third kappa shape index (κ3) is 3.88. The Morgan fingerprint density at radius 3 is 2.57 bits per heavy atom. The summed E-state index contributed by atoms with van der Waals surface area (Å²) in [5.74, 6) is -1.73. The number of carbonyl (C=O) groups excluding carboxylic acids is 3. The lowest BCUT2D eigenvalue weighted by Gasteiger charge is -2.38. The second-order valence-electron chi connectivity index (χ2n) is 8.11. The predicted molar refractivity (Wildman–Crippen MR) is 102 cm³/mol. The minimum Gasteiger partial charge on any atom is -0.467 e. The van der Waals surface area contributed by atoms with E-state index in [0.29, 0.717) is 18.8 Å². The number of esters is 1. The summed E-state index contributed by atoms with van der Waals surface area (Å²) in [6.45, 7) is 3.98. The molecule has 1 aromatic carbocycles. The van der Waals surface area contributed by atoms with Gasteiger partial charge in [-0.2, -0.15) is 0 Å². The highest BCUT2D eigenvalue weighted by atomic mass is 19.1. The van der Waals surface area contributed by atoms with Crippen LogP contribution in [0.1, 0.15) is 44.6 Å². The van der Waals surface area contributed by atoms with Crippen LogP contribution in [0.2, 0.25) is 0 Å². The first-order valence-electron chi connectivity index (χ1n) is 9.72. The molecule has 1 unspecified atom stereocenters. The van der Waals surface area contributed by atoms with E-state index in [2.05, 4.69) is 12.2 Å². The molecule has 0 radical (unpaired) electrons. The van der Waals surface area contributed by atoms with Crippen LogP contribution in [-0.2, 0) is 19.1 Å². The maximum Gasteiger partial charge on any atom is 0.331 e. The topological polar surface area (TPSA) is 75.7 Å². The molecule has 1 atom stereocenters. The van der Waals surface area contributed by atoms with E-state index in [-0.39, 0.29) is 30.5 Å². The van der Waals surface area contributed by atoms with E-state index in [1.54, 1.807) is 19.1 Å². The third-order valence-corrected chi connectivity index (χ3v) is 5.96. The molecular formula is C21H27FN2O4. The van der Waals surface area contributed by atoms with Crippen LogP contribution in [0.4, 0.5) is 10.1 Å². The Kier molecular flexibility index (Phi) is 5.72. The van der Waals surface area contributed by atoms with Crippen molar-refractivity contribution in [3.8, 4) is 0 Å². The van der Waals surface area contributed by atoms with Gasteiger partial charge in [0.05, 0.1) is 18.7 Å². The number of benzene rings is 1. The number of amides is 2. The number of hydrogen-bond donors (Lipinski definition) is 1. The van der Waals surface area contributed by atoms with Crippen LogP contribution in [0.5, 0.6) is 0 Å². The molecule has 2 aliphatic rings. The molecule has 28 heavy (non-hydrogen) atoms. The average molecular weight is 390 g/mol. The molecule has 7 heteroatoms. The summed E-state index contributed by atoms with van der Waals surface area (Å²) in [6.07, 6.45) is 2.67. The van der Waals surface area contributed by atoms with Crippen molar-refractivity contribution in [1.82, 2.24) is 5.32 Å². The van der Waals surface area contributed by atoms with Gasteiger partial charge < -0.3 is 15.0 Å². The zero-order valence-corrected chi connectivity index (χ0v) is 16.6. The van der Waals surface area contributed by atoms with Crippen molar-refractivity contribution >= 4 is 23.5 Å². The highest BCUT2D eigenvalue weighted by Gasteiger charge is 2.46. The fourth-order valence-electron chi connectivity index (χ4n) is 4.12. The minimum absolute atomic E-state index is 0.00714. The number of halogens is 1. The van der Waals surface area contributed by atoms with Gasteiger partial charge in [0.25, 0.3) is 0 Å². The van der Waals surface area contributed by atoms with Crippen LogP contribution in [0, 0.1) is 24.6 Å². The second-order valence-corrected chi connectivity index (χ2v) is 8.11. The van der Waals surface area contributed by atoms with E-state index in [0.717, 1.165) is 18.4 Å². The molecule has 0 aromatic heterocycles. The maximum atomic E-state index is 14.3. The molecule has 1 aromatic rings. The number of rotatable bonds is 4. The van der Waals surface area contributed by atoms with Gasteiger partial charge in [-0.25, -0.2) is 9.18 Å². The van der Waals surface area contributed by atoms with Crippen LogP contribution in [0.3, 0.4) is 0 Å². The second kappa shape index (κ2) is 7.89. The Morgan fingerprint density at radius 1 is 1.29 bits per heavy atom. The summed E-state index contributed by atoms with van der Waals surface area (Å²) in [6, 6.07) is 4.65. The zero-order chi connectivity index (χ0) is 20.5. The molecule has 152 valence electrons. The first kappa shape index (κ1) is 20.3. The smallest absolute Gasteiger partial charge is 0.331 e. The number of anilines is 1. The van der Waals surface area contributed by atoms with Gasteiger partial charge >= 0.3 is 5.97 Å². The van der Waals surface area contributed by atoms with Gasteiger partial charge in [0.2, 0.25) is 11.8 Å². The van der Waals surface area contributed by atoms with E-state index in [9.17, 15) is 18.8 Å². The third-order valence-electron chi connectivity index (χ3n) is 5.96. The van der Waals surface area contributed by atoms with Crippen molar-refractivity contribution in [2.45, 2.75) is 51.5 Å². The van der Waals surface area contributed by atoms with E-state index < -0.39 is 23.2 Å². The summed E-state index contributed by atoms with van der Waals surface area (Å²) >= 11 is 0. The van der Waals surface area contributed by atoms with Gasteiger partial charge in [-0.3, -0.25) is 9.59 Å². The minimum atomic E-state index is -1.04. The van der Waals surface area contributed by atoms with Crippen LogP contribution < -0.4 is 10.2 Å². The van der Waals surface area contributed by atoms with Gasteiger partial charge in [0.1, 0.15) is 11.4 Å². The number of aryl methyl sites for hydroxylation is 1. The largest absolute Gasteiger partial charge is 0.467 e. The Labute approximate surface area is 164 Å². The number of nitrogens with one attached hydrogen (secondary N) is 1. The summed E-state index contributed by atoms with van der Waals surface area (Å²) in [7, 11) is 1.31. The normalized spacial score (nSPS) is 27.6. The lowest BCUT2D eigenvalue weighted by molar-refractivity contribution is -0.153. The SMILES string of the molecule is COC(=O)C1(NC(=O)C2CC(=O)N(c3ccc(C)cc3F)C2)CCC(C)CC1. The zero-order valence-electron chi connectivity index (χ0n) is 16.6. The van der Waals surface area contributed by atoms with Crippen molar-refractivity contribution in [3.05, 3.63) is 29.6 Å². The standard InChI is InChI=1S/C21H27FN2O4/c1-13-6-8-21(9-7-13,20(27)28-3)23-19(26)15-11-18(25)24(12-15)17-5-4-14(2)10-16(17)22/h4-5,10,13,15H,6-9,11-12H2,1-3H3,(H,23,26). The van der Waals surface area contributed by atoms with Gasteiger partial charge in [-0.1, -0.05) is 13.0 Å². The Bertz CT molecular complexity index is 787. The molecule has 6 nitrogen and oxygen atoms in total. The van der Waals surface area contributed by atoms with Crippen LogP contribution in [0.15, 0.2) is 18.2 Å². The lowest BCUT2D eigenvalue weighted by atomic mass is 9.76. The molecule has 3 rings (SSSR count). The fraction of sp³-hybridized carbons (Fsp3) is 0.571. The van der Waals surface area contributed by atoms with Crippen LogP contribution in [0.25, 0.3) is 0 Å². The Balaban J connectivity index is 1.74. The first-order chi connectivity index (χ1) is 13.3. The monoisotopic (exact) mass is 390 g/mol. The van der Waals surface area contributed by atoms with Gasteiger partial charge in [-0.05, 0) is 56.2 Å². The number of carbonyl (C=O) groups is 3. The lowest BCUT2D eigenvalue weighted by Crippen LogP contribution is -2.58. The molecule has 0 spiro atoms. The molecule has 1 saturated carbocycles. The number of ether oxygens (including phenoxy) is 1. The van der Waals surface area contributed by atoms with Crippen molar-refractivity contribution in [3.63, 3.8) is 0 Å². The van der Waals surface area contributed by atoms with Crippen molar-refractivity contribution in [1.29, 1.82) is 0 Å². The van der Waals surface area contributed by atoms with Crippen LogP contribution >= 0.6 is 0 Å². The quantitative estimate of drug-likeness (QED) is 0.802. The number of methoxy groups -OCH3 is 1. The van der Waals surface area contributed by atoms with E-state index >= 15 is 0 Å². The van der Waals surface area contributed by atoms with Gasteiger partial charge in [-0.15, -0.1) is 0 Å². The molecule has 0 bridgehead atoms. The summed E-state index contributed by atoms with van der Waals surface area (Å²) in [5, 5.41) is 2.88. The molecule has 2 amide bonds. The number of nitrogens with zero attached hydrogens (tertiary/aromatic N) is 1. The van der Waals surface area contributed by atoms with Gasteiger partial charge in [0.15, 0.2) is 0 Å². The molecule has 1 saturated heterocycles. The van der Waals surface area contributed by atoms with Crippen molar-refractivity contribution in [2.24, 2.45) is 11.8 Å².